The van der Waals surface area contributed by atoms with Gasteiger partial charge in [0, 0.05) is 0 Å². The number of hydrogen-bond donors (Lipinski definition) is 0. The molecule has 0 amide bonds. The average Bonchev–Trinajstić information content (AvgIpc) is 3.13. The molecule has 0 unspecified atom stereocenters. The van der Waals surface area contributed by atoms with Gasteiger partial charge in [-0.15, -0.1) is 0 Å². The minimum absolute atomic E-state index is 0.120. The SMILES string of the molecule is CC(C)(C)[Si](C)(C)C1=C([Si](C)(C)C(C)(C)C)P1c1ccccc1. The summed E-state index contributed by atoms with van der Waals surface area (Å²) >= 11 is 0. The molecular weight excluding hydrogens is 327 g/mol. The van der Waals surface area contributed by atoms with Crippen LogP contribution in [0.2, 0.25) is 36.3 Å². The fraction of sp³-hybridized carbons (Fsp3) is 0.600. The van der Waals surface area contributed by atoms with Crippen molar-refractivity contribution < 1.29 is 0 Å². The maximum Gasteiger partial charge on any atom is 0.0872 e. The van der Waals surface area contributed by atoms with Crippen LogP contribution in [0.25, 0.3) is 0 Å². The van der Waals surface area contributed by atoms with E-state index in [-0.39, 0.29) is 7.92 Å². The lowest BCUT2D eigenvalue weighted by Gasteiger charge is -2.37. The van der Waals surface area contributed by atoms with Gasteiger partial charge < -0.3 is 0 Å². The van der Waals surface area contributed by atoms with Crippen molar-refractivity contribution in [3.63, 3.8) is 0 Å². The molecule has 0 radical (unpaired) electrons. The molecule has 0 saturated carbocycles. The first kappa shape index (κ1) is 19.2. The summed E-state index contributed by atoms with van der Waals surface area (Å²) in [5.74, 6) is 0. The Morgan fingerprint density at radius 3 is 1.30 bits per heavy atom. The maximum atomic E-state index is 2.61. The lowest BCUT2D eigenvalue weighted by Crippen LogP contribution is -2.39. The van der Waals surface area contributed by atoms with Crippen molar-refractivity contribution in [1.29, 1.82) is 0 Å². The van der Waals surface area contributed by atoms with Gasteiger partial charge in [0.2, 0.25) is 0 Å². The molecular formula is C20H35PSi2. The summed E-state index contributed by atoms with van der Waals surface area (Å²) < 4.78 is 0. The Kier molecular flexibility index (Phi) is 4.73. The van der Waals surface area contributed by atoms with Gasteiger partial charge >= 0.3 is 0 Å². The van der Waals surface area contributed by atoms with Gasteiger partial charge in [0.1, 0.15) is 0 Å². The van der Waals surface area contributed by atoms with Crippen LogP contribution < -0.4 is 5.30 Å². The van der Waals surface area contributed by atoms with Gasteiger partial charge in [0.15, 0.2) is 0 Å². The quantitative estimate of drug-likeness (QED) is 0.397. The largest absolute Gasteiger partial charge is 0.0872 e. The van der Waals surface area contributed by atoms with Crippen LogP contribution >= 0.6 is 7.92 Å². The maximum absolute atomic E-state index is 2.61. The zero-order valence-electron chi connectivity index (χ0n) is 16.8. The lowest BCUT2D eigenvalue weighted by molar-refractivity contribution is 0.725. The molecule has 0 saturated heterocycles. The van der Waals surface area contributed by atoms with Crippen LogP contribution in [0.3, 0.4) is 0 Å². The highest BCUT2D eigenvalue weighted by atomic mass is 31.1. The van der Waals surface area contributed by atoms with Crippen molar-refractivity contribution in [2.45, 2.75) is 77.8 Å². The van der Waals surface area contributed by atoms with Crippen molar-refractivity contribution in [3.05, 3.63) is 40.2 Å². The van der Waals surface area contributed by atoms with E-state index in [1.54, 1.807) is 5.30 Å². The van der Waals surface area contributed by atoms with E-state index in [0.29, 0.717) is 10.1 Å². The van der Waals surface area contributed by atoms with Crippen molar-refractivity contribution in [3.8, 4) is 0 Å². The molecule has 0 nitrogen and oxygen atoms in total. The molecule has 0 spiro atoms. The van der Waals surface area contributed by atoms with E-state index < -0.39 is 16.1 Å². The van der Waals surface area contributed by atoms with Gasteiger partial charge in [0.05, 0.1) is 16.1 Å². The van der Waals surface area contributed by atoms with Crippen LogP contribution in [0.5, 0.6) is 0 Å². The molecule has 1 heterocycles. The molecule has 128 valence electrons. The van der Waals surface area contributed by atoms with Crippen LogP contribution in [0.4, 0.5) is 0 Å². The zero-order valence-corrected chi connectivity index (χ0v) is 19.7. The van der Waals surface area contributed by atoms with E-state index in [2.05, 4.69) is 98.1 Å². The van der Waals surface area contributed by atoms with Crippen LogP contribution in [-0.2, 0) is 0 Å². The van der Waals surface area contributed by atoms with Gasteiger partial charge in [0.25, 0.3) is 0 Å². The molecule has 2 rings (SSSR count). The first-order valence-corrected chi connectivity index (χ1v) is 16.2. The van der Waals surface area contributed by atoms with Crippen molar-refractivity contribution in [1.82, 2.24) is 0 Å². The minimum atomic E-state index is -1.43. The Morgan fingerprint density at radius 2 is 1.00 bits per heavy atom. The van der Waals surface area contributed by atoms with E-state index in [9.17, 15) is 0 Å². The second-order valence-corrected chi connectivity index (χ2v) is 23.5. The Bertz CT molecular complexity index is 577. The van der Waals surface area contributed by atoms with Gasteiger partial charge in [-0.25, -0.2) is 0 Å². The Labute approximate surface area is 147 Å². The molecule has 0 atom stereocenters. The lowest BCUT2D eigenvalue weighted by atomic mass is 10.2. The molecule has 0 bridgehead atoms. The summed E-state index contributed by atoms with van der Waals surface area (Å²) in [6.07, 6.45) is 0. The summed E-state index contributed by atoms with van der Waals surface area (Å²) in [4.78, 5) is 3.88. The Balaban J connectivity index is 2.57. The Hall–Kier alpha value is -0.176. The highest BCUT2D eigenvalue weighted by Gasteiger charge is 2.58. The monoisotopic (exact) mass is 362 g/mol. The topological polar surface area (TPSA) is 0 Å². The molecule has 0 N–H and O–H groups in total. The fourth-order valence-electron chi connectivity index (χ4n) is 2.86. The summed E-state index contributed by atoms with van der Waals surface area (Å²) in [6, 6.07) is 11.4. The van der Waals surface area contributed by atoms with E-state index in [1.807, 2.05) is 9.87 Å². The second kappa shape index (κ2) is 5.68. The molecule has 0 aromatic heterocycles. The number of benzene rings is 1. The van der Waals surface area contributed by atoms with Crippen molar-refractivity contribution in [2.75, 3.05) is 0 Å². The third kappa shape index (κ3) is 3.19. The normalized spacial score (nSPS) is 17.7. The predicted molar refractivity (Wildman–Crippen MR) is 114 cm³/mol. The van der Waals surface area contributed by atoms with E-state index in [1.165, 1.54) is 0 Å². The zero-order chi connectivity index (χ0) is 17.8. The smallest absolute Gasteiger partial charge is 0.0650 e. The second-order valence-electron chi connectivity index (χ2n) is 10.1. The van der Waals surface area contributed by atoms with Gasteiger partial charge in [-0.1, -0.05) is 98.1 Å². The van der Waals surface area contributed by atoms with Gasteiger partial charge in [-0.2, -0.15) is 0 Å². The highest BCUT2D eigenvalue weighted by molar-refractivity contribution is 7.87. The molecule has 0 aliphatic carbocycles. The summed E-state index contributed by atoms with van der Waals surface area (Å²) in [5, 5.41) is 2.46. The third-order valence-corrected chi connectivity index (χ3v) is 24.2. The molecule has 3 heteroatoms. The van der Waals surface area contributed by atoms with E-state index in [0.717, 1.165) is 0 Å². The van der Waals surface area contributed by atoms with Gasteiger partial charge in [-0.05, 0) is 33.2 Å². The van der Waals surface area contributed by atoms with Crippen molar-refractivity contribution >= 4 is 29.4 Å². The molecule has 0 fully saturated rings. The number of rotatable bonds is 3. The highest BCUT2D eigenvalue weighted by Crippen LogP contribution is 2.78. The van der Waals surface area contributed by atoms with Crippen LogP contribution in [-0.4, -0.2) is 16.1 Å². The molecule has 23 heavy (non-hydrogen) atoms. The first-order valence-electron chi connectivity index (χ1n) is 8.83. The average molecular weight is 363 g/mol. The predicted octanol–water partition coefficient (Wildman–Crippen LogP) is 7.11. The molecule has 1 aliphatic rings. The summed E-state index contributed by atoms with van der Waals surface area (Å²) in [6.45, 7) is 25.2. The van der Waals surface area contributed by atoms with Crippen molar-refractivity contribution in [2.24, 2.45) is 0 Å². The molecule has 1 aromatic rings. The summed E-state index contributed by atoms with van der Waals surface area (Å²) in [5.41, 5.74) is 0. The molecule has 1 aromatic carbocycles. The van der Waals surface area contributed by atoms with Gasteiger partial charge in [-0.3, -0.25) is 0 Å². The Morgan fingerprint density at radius 1 is 0.652 bits per heavy atom. The number of hydrogen-bond acceptors (Lipinski definition) is 0. The fourth-order valence-corrected chi connectivity index (χ4v) is 19.1. The standard InChI is InChI=1S/C20H35PSi2/c1-19(2,3)22(7,8)17-18(23(9,10)20(4,5)6)21(17)16-14-12-11-13-15-16/h11-15H,1-10H3. The summed E-state index contributed by atoms with van der Waals surface area (Å²) in [7, 11) is -2.97. The third-order valence-electron chi connectivity index (χ3n) is 6.57. The van der Waals surface area contributed by atoms with Crippen LogP contribution in [0.1, 0.15) is 41.5 Å². The van der Waals surface area contributed by atoms with Crippen LogP contribution in [0, 0.1) is 0 Å². The molecule has 1 aliphatic heterocycles. The van der Waals surface area contributed by atoms with Crippen LogP contribution in [0.15, 0.2) is 40.2 Å². The van der Waals surface area contributed by atoms with E-state index >= 15 is 0 Å². The van der Waals surface area contributed by atoms with E-state index in [4.69, 9.17) is 0 Å². The minimum Gasteiger partial charge on any atom is -0.0650 e. The first-order chi connectivity index (χ1) is 10.2.